The molecule has 142 valence electrons. The lowest BCUT2D eigenvalue weighted by Crippen LogP contribution is -2.39. The van der Waals surface area contributed by atoms with Gasteiger partial charge < -0.3 is 15.2 Å². The third kappa shape index (κ3) is 11.0. The van der Waals surface area contributed by atoms with Gasteiger partial charge in [-0.3, -0.25) is 4.79 Å². The van der Waals surface area contributed by atoms with Crippen molar-refractivity contribution >= 4 is 5.97 Å². The Morgan fingerprint density at radius 2 is 1.68 bits per heavy atom. The van der Waals surface area contributed by atoms with E-state index < -0.39 is 6.04 Å². The third-order valence-corrected chi connectivity index (χ3v) is 4.35. The lowest BCUT2D eigenvalue weighted by molar-refractivity contribution is -0.148. The van der Waals surface area contributed by atoms with E-state index in [9.17, 15) is 4.79 Å². The zero-order valence-corrected chi connectivity index (χ0v) is 15.7. The molecule has 1 atom stereocenters. The maximum Gasteiger partial charge on any atom is 0.323 e. The van der Waals surface area contributed by atoms with Gasteiger partial charge in [0.05, 0.1) is 0 Å². The molecule has 0 heterocycles. The van der Waals surface area contributed by atoms with E-state index in [0.717, 1.165) is 18.5 Å². The minimum Gasteiger partial charge on any atom is -0.460 e. The SMILES string of the molecule is CCCCCCCCCCN[C@@H](CCO)C(=O)OCc1ccccc1. The molecule has 0 bridgehead atoms. The first-order valence-corrected chi connectivity index (χ1v) is 9.82. The van der Waals surface area contributed by atoms with Crippen molar-refractivity contribution in [3.63, 3.8) is 0 Å². The summed E-state index contributed by atoms with van der Waals surface area (Å²) in [6, 6.07) is 9.23. The molecule has 1 aromatic carbocycles. The van der Waals surface area contributed by atoms with E-state index >= 15 is 0 Å². The molecule has 0 saturated carbocycles. The van der Waals surface area contributed by atoms with Crippen LogP contribution in [0.1, 0.15) is 70.3 Å². The number of aliphatic hydroxyl groups is 1. The number of carbonyl (C=O) groups is 1. The maximum absolute atomic E-state index is 12.2. The van der Waals surface area contributed by atoms with Crippen molar-refractivity contribution in [3.05, 3.63) is 35.9 Å². The summed E-state index contributed by atoms with van der Waals surface area (Å²) < 4.78 is 5.36. The predicted molar refractivity (Wildman–Crippen MR) is 102 cm³/mol. The molecule has 0 aliphatic rings. The fourth-order valence-corrected chi connectivity index (χ4v) is 2.80. The molecule has 0 spiro atoms. The quantitative estimate of drug-likeness (QED) is 0.368. The second-order valence-corrected chi connectivity index (χ2v) is 6.59. The van der Waals surface area contributed by atoms with Gasteiger partial charge in [0.25, 0.3) is 0 Å². The van der Waals surface area contributed by atoms with Gasteiger partial charge in [0.15, 0.2) is 0 Å². The highest BCUT2D eigenvalue weighted by molar-refractivity contribution is 5.75. The van der Waals surface area contributed by atoms with Crippen molar-refractivity contribution < 1.29 is 14.6 Å². The average molecular weight is 350 g/mol. The highest BCUT2D eigenvalue weighted by Gasteiger charge is 2.18. The van der Waals surface area contributed by atoms with E-state index in [0.29, 0.717) is 6.42 Å². The summed E-state index contributed by atoms with van der Waals surface area (Å²) in [6.45, 7) is 3.29. The molecule has 0 aromatic heterocycles. The van der Waals surface area contributed by atoms with Gasteiger partial charge in [-0.25, -0.2) is 0 Å². The topological polar surface area (TPSA) is 58.6 Å². The first-order valence-electron chi connectivity index (χ1n) is 9.82. The van der Waals surface area contributed by atoms with Gasteiger partial charge in [0.1, 0.15) is 12.6 Å². The van der Waals surface area contributed by atoms with Gasteiger partial charge in [-0.15, -0.1) is 0 Å². The molecule has 4 nitrogen and oxygen atoms in total. The lowest BCUT2D eigenvalue weighted by atomic mass is 10.1. The van der Waals surface area contributed by atoms with Crippen LogP contribution < -0.4 is 5.32 Å². The standard InChI is InChI=1S/C21H35NO3/c1-2-3-4-5-6-7-8-12-16-22-20(15-17-23)21(24)25-18-19-13-10-9-11-14-19/h9-11,13-14,20,22-23H,2-8,12,15-18H2,1H3/t20-/m0/s1. The Kier molecular flexibility index (Phi) is 12.9. The van der Waals surface area contributed by atoms with Crippen molar-refractivity contribution in [2.75, 3.05) is 13.2 Å². The van der Waals surface area contributed by atoms with E-state index in [2.05, 4.69) is 12.2 Å². The van der Waals surface area contributed by atoms with Gasteiger partial charge in [0, 0.05) is 6.61 Å². The van der Waals surface area contributed by atoms with Crippen molar-refractivity contribution in [1.82, 2.24) is 5.32 Å². The van der Waals surface area contributed by atoms with Crippen LogP contribution in [0.15, 0.2) is 30.3 Å². The van der Waals surface area contributed by atoms with Gasteiger partial charge in [-0.05, 0) is 24.9 Å². The monoisotopic (exact) mass is 349 g/mol. The van der Waals surface area contributed by atoms with Gasteiger partial charge >= 0.3 is 5.97 Å². The zero-order valence-electron chi connectivity index (χ0n) is 15.7. The van der Waals surface area contributed by atoms with Crippen LogP contribution in [-0.4, -0.2) is 30.3 Å². The molecule has 0 radical (unpaired) electrons. The molecule has 0 amide bonds. The first-order chi connectivity index (χ1) is 12.3. The fourth-order valence-electron chi connectivity index (χ4n) is 2.80. The summed E-state index contributed by atoms with van der Waals surface area (Å²) in [6.07, 6.45) is 10.5. The second kappa shape index (κ2) is 14.9. The van der Waals surface area contributed by atoms with Crippen LogP contribution >= 0.6 is 0 Å². The summed E-state index contributed by atoms with van der Waals surface area (Å²) in [7, 11) is 0. The molecule has 0 aliphatic carbocycles. The summed E-state index contributed by atoms with van der Waals surface area (Å²) in [5, 5.41) is 12.4. The minimum atomic E-state index is -0.418. The Morgan fingerprint density at radius 3 is 2.32 bits per heavy atom. The second-order valence-electron chi connectivity index (χ2n) is 6.59. The Morgan fingerprint density at radius 1 is 1.04 bits per heavy atom. The molecule has 25 heavy (non-hydrogen) atoms. The number of hydrogen-bond acceptors (Lipinski definition) is 4. The number of ether oxygens (including phenoxy) is 1. The van der Waals surface area contributed by atoms with Crippen LogP contribution in [0.25, 0.3) is 0 Å². The number of benzene rings is 1. The number of rotatable bonds is 15. The largest absolute Gasteiger partial charge is 0.460 e. The number of unbranched alkanes of at least 4 members (excludes halogenated alkanes) is 7. The fraction of sp³-hybridized carbons (Fsp3) is 0.667. The Labute approximate surface area is 153 Å². The van der Waals surface area contributed by atoms with E-state index in [4.69, 9.17) is 9.84 Å². The minimum absolute atomic E-state index is 0.0183. The zero-order chi connectivity index (χ0) is 18.2. The van der Waals surface area contributed by atoms with Gasteiger partial charge in [-0.1, -0.05) is 82.2 Å². The van der Waals surface area contributed by atoms with Crippen LogP contribution in [0.4, 0.5) is 0 Å². The summed E-state index contributed by atoms with van der Waals surface area (Å²) in [5.74, 6) is -0.280. The number of hydrogen-bond donors (Lipinski definition) is 2. The molecule has 0 aliphatic heterocycles. The van der Waals surface area contributed by atoms with Crippen LogP contribution in [0.5, 0.6) is 0 Å². The van der Waals surface area contributed by atoms with Crippen LogP contribution in [0.3, 0.4) is 0 Å². The molecule has 1 aromatic rings. The number of esters is 1. The molecule has 0 saturated heterocycles. The predicted octanol–water partition coefficient (Wildman–Crippen LogP) is 4.21. The van der Waals surface area contributed by atoms with Crippen LogP contribution in [-0.2, 0) is 16.1 Å². The highest BCUT2D eigenvalue weighted by atomic mass is 16.5. The maximum atomic E-state index is 12.2. The Hall–Kier alpha value is -1.39. The summed E-state index contributed by atoms with van der Waals surface area (Å²) >= 11 is 0. The molecular weight excluding hydrogens is 314 g/mol. The molecule has 0 unspecified atom stereocenters. The third-order valence-electron chi connectivity index (χ3n) is 4.35. The van der Waals surface area contributed by atoms with Gasteiger partial charge in [0.2, 0.25) is 0 Å². The van der Waals surface area contributed by atoms with E-state index in [1.165, 1.54) is 44.9 Å². The van der Waals surface area contributed by atoms with Crippen molar-refractivity contribution in [1.29, 1.82) is 0 Å². The molecular formula is C21H35NO3. The van der Waals surface area contributed by atoms with Crippen LogP contribution in [0, 0.1) is 0 Å². The van der Waals surface area contributed by atoms with Crippen molar-refractivity contribution in [3.8, 4) is 0 Å². The van der Waals surface area contributed by atoms with E-state index in [1.54, 1.807) is 0 Å². The first kappa shape index (κ1) is 21.7. The van der Waals surface area contributed by atoms with Crippen LogP contribution in [0.2, 0.25) is 0 Å². The average Bonchev–Trinajstić information content (AvgIpc) is 2.64. The Balaban J connectivity index is 2.14. The molecule has 1 rings (SSSR count). The smallest absolute Gasteiger partial charge is 0.323 e. The molecule has 0 fully saturated rings. The summed E-state index contributed by atoms with van der Waals surface area (Å²) in [4.78, 5) is 12.2. The molecule has 2 N–H and O–H groups in total. The van der Waals surface area contributed by atoms with Crippen molar-refractivity contribution in [2.24, 2.45) is 0 Å². The number of nitrogens with one attached hydrogen (secondary N) is 1. The van der Waals surface area contributed by atoms with E-state index in [-0.39, 0.29) is 19.2 Å². The lowest BCUT2D eigenvalue weighted by Gasteiger charge is -2.16. The van der Waals surface area contributed by atoms with Crippen molar-refractivity contribution in [2.45, 2.75) is 77.4 Å². The van der Waals surface area contributed by atoms with Gasteiger partial charge in [-0.2, -0.15) is 0 Å². The highest BCUT2D eigenvalue weighted by Crippen LogP contribution is 2.08. The number of aliphatic hydroxyl groups excluding tert-OH is 1. The Bertz CT molecular complexity index is 436. The molecule has 4 heteroatoms. The summed E-state index contributed by atoms with van der Waals surface area (Å²) in [5.41, 5.74) is 0.974. The van der Waals surface area contributed by atoms with E-state index in [1.807, 2.05) is 30.3 Å². The normalized spacial score (nSPS) is 12.1. The number of carbonyl (C=O) groups excluding carboxylic acids is 1.